The number of rotatable bonds is 2. The molecule has 1 heterocycles. The van der Waals surface area contributed by atoms with Gasteiger partial charge in [0.05, 0.1) is 12.4 Å². The summed E-state index contributed by atoms with van der Waals surface area (Å²) in [7, 11) is 1.84. The van der Waals surface area contributed by atoms with Crippen LogP contribution in [0.15, 0.2) is 47.7 Å². The Bertz CT molecular complexity index is 470. The van der Waals surface area contributed by atoms with E-state index in [4.69, 9.17) is 5.73 Å². The zero-order chi connectivity index (χ0) is 10.7. The van der Waals surface area contributed by atoms with E-state index in [0.717, 1.165) is 11.3 Å². The number of hydrogen-bond acceptors (Lipinski definition) is 2. The van der Waals surface area contributed by atoms with Gasteiger partial charge in [0, 0.05) is 12.6 Å². The Morgan fingerprint density at radius 2 is 2.07 bits per heavy atom. The van der Waals surface area contributed by atoms with Crippen molar-refractivity contribution in [3.05, 3.63) is 48.3 Å². The molecule has 2 aromatic rings. The van der Waals surface area contributed by atoms with E-state index in [2.05, 4.69) is 10.1 Å². The van der Waals surface area contributed by atoms with Crippen LogP contribution in [-0.4, -0.2) is 15.6 Å². The molecule has 0 amide bonds. The maximum atomic E-state index is 5.85. The summed E-state index contributed by atoms with van der Waals surface area (Å²) >= 11 is 0. The van der Waals surface area contributed by atoms with Gasteiger partial charge in [0.2, 0.25) is 0 Å². The molecule has 0 atom stereocenters. The summed E-state index contributed by atoms with van der Waals surface area (Å²) in [4.78, 5) is 4.26. The van der Waals surface area contributed by atoms with Crippen LogP contribution in [0.2, 0.25) is 0 Å². The minimum absolute atomic E-state index is 0.503. The normalized spacial score (nSPS) is 11.7. The van der Waals surface area contributed by atoms with Crippen LogP contribution in [0.5, 0.6) is 0 Å². The maximum absolute atomic E-state index is 5.85. The van der Waals surface area contributed by atoms with Crippen LogP contribution in [-0.2, 0) is 7.05 Å². The molecule has 0 unspecified atom stereocenters. The molecule has 0 radical (unpaired) electrons. The second kappa shape index (κ2) is 3.96. The first-order valence-electron chi connectivity index (χ1n) is 4.64. The van der Waals surface area contributed by atoms with Gasteiger partial charge in [0.15, 0.2) is 0 Å². The average molecular weight is 200 g/mol. The van der Waals surface area contributed by atoms with Crippen LogP contribution in [0.25, 0.3) is 0 Å². The number of hydrogen-bond donors (Lipinski definition) is 1. The fourth-order valence-corrected chi connectivity index (χ4v) is 1.28. The Hall–Kier alpha value is -2.10. The van der Waals surface area contributed by atoms with Crippen molar-refractivity contribution in [1.82, 2.24) is 9.78 Å². The molecule has 15 heavy (non-hydrogen) atoms. The molecule has 0 saturated carbocycles. The summed E-state index contributed by atoms with van der Waals surface area (Å²) in [6.45, 7) is 0. The van der Waals surface area contributed by atoms with Gasteiger partial charge in [-0.05, 0) is 0 Å². The molecule has 2 N–H and O–H groups in total. The summed E-state index contributed by atoms with van der Waals surface area (Å²) in [6.07, 6.45) is 3.49. The molecule has 0 aliphatic heterocycles. The van der Waals surface area contributed by atoms with Gasteiger partial charge in [0.25, 0.3) is 0 Å². The van der Waals surface area contributed by atoms with Gasteiger partial charge in [-0.25, -0.2) is 4.99 Å². The molecule has 1 aromatic heterocycles. The van der Waals surface area contributed by atoms with Crippen LogP contribution >= 0.6 is 0 Å². The lowest BCUT2D eigenvalue weighted by molar-refractivity contribution is 0.768. The lowest BCUT2D eigenvalue weighted by atomic mass is 10.2. The summed E-state index contributed by atoms with van der Waals surface area (Å²) in [5.41, 5.74) is 7.53. The Kier molecular flexibility index (Phi) is 2.49. The number of amidine groups is 1. The zero-order valence-corrected chi connectivity index (χ0v) is 8.46. The summed E-state index contributed by atoms with van der Waals surface area (Å²) in [5.74, 6) is 0.503. The van der Waals surface area contributed by atoms with Crippen LogP contribution in [0, 0.1) is 0 Å². The smallest absolute Gasteiger partial charge is 0.131 e. The van der Waals surface area contributed by atoms with Crippen molar-refractivity contribution in [3.63, 3.8) is 0 Å². The largest absolute Gasteiger partial charge is 0.383 e. The number of aliphatic imine (C=N–C) groups is 1. The van der Waals surface area contributed by atoms with Gasteiger partial charge < -0.3 is 5.73 Å². The first kappa shape index (κ1) is 9.45. The fourth-order valence-electron chi connectivity index (χ4n) is 1.28. The fraction of sp³-hybridized carbons (Fsp3) is 0.0909. The molecule has 4 heteroatoms. The molecule has 76 valence electrons. The van der Waals surface area contributed by atoms with Gasteiger partial charge in [-0.3, -0.25) is 4.68 Å². The second-order valence-corrected chi connectivity index (χ2v) is 3.24. The predicted molar refractivity (Wildman–Crippen MR) is 60.0 cm³/mol. The highest BCUT2D eigenvalue weighted by atomic mass is 15.2. The first-order valence-corrected chi connectivity index (χ1v) is 4.64. The van der Waals surface area contributed by atoms with E-state index in [9.17, 15) is 0 Å². The monoisotopic (exact) mass is 200 g/mol. The van der Waals surface area contributed by atoms with E-state index >= 15 is 0 Å². The van der Waals surface area contributed by atoms with Crippen molar-refractivity contribution in [2.75, 3.05) is 0 Å². The molecular formula is C11H12N4. The standard InChI is InChI=1S/C11H12N4/c1-15-8-10(7-13-15)14-11(12)9-5-3-2-4-6-9/h2-8H,1H3,(H2,12,14). The van der Waals surface area contributed by atoms with Crippen LogP contribution < -0.4 is 5.73 Å². The lowest BCUT2D eigenvalue weighted by Gasteiger charge is -1.98. The van der Waals surface area contributed by atoms with E-state index in [1.807, 2.05) is 43.6 Å². The summed E-state index contributed by atoms with van der Waals surface area (Å²) < 4.78 is 1.69. The Morgan fingerprint density at radius 3 is 2.67 bits per heavy atom. The predicted octanol–water partition coefficient (Wildman–Crippen LogP) is 1.46. The average Bonchev–Trinajstić information content (AvgIpc) is 2.65. The first-order chi connectivity index (χ1) is 7.25. The van der Waals surface area contributed by atoms with E-state index in [-0.39, 0.29) is 0 Å². The van der Waals surface area contributed by atoms with Gasteiger partial charge >= 0.3 is 0 Å². The van der Waals surface area contributed by atoms with Crippen LogP contribution in [0.4, 0.5) is 5.69 Å². The highest BCUT2D eigenvalue weighted by Gasteiger charge is 1.98. The third-order valence-corrected chi connectivity index (χ3v) is 2.01. The molecule has 4 nitrogen and oxygen atoms in total. The molecular weight excluding hydrogens is 188 g/mol. The van der Waals surface area contributed by atoms with Crippen LogP contribution in [0.1, 0.15) is 5.56 Å². The quantitative estimate of drug-likeness (QED) is 0.589. The van der Waals surface area contributed by atoms with Crippen LogP contribution in [0.3, 0.4) is 0 Å². The Balaban J connectivity index is 2.28. The summed E-state index contributed by atoms with van der Waals surface area (Å²) in [5, 5.41) is 4.02. The van der Waals surface area contributed by atoms with Crippen molar-refractivity contribution in [1.29, 1.82) is 0 Å². The number of nitrogens with two attached hydrogens (primary N) is 1. The van der Waals surface area contributed by atoms with E-state index in [1.54, 1.807) is 10.9 Å². The molecule has 2 rings (SSSR count). The van der Waals surface area contributed by atoms with Crippen molar-refractivity contribution in [2.45, 2.75) is 0 Å². The SMILES string of the molecule is Cn1cc(N=C(N)c2ccccc2)cn1. The van der Waals surface area contributed by atoms with Crippen molar-refractivity contribution < 1.29 is 0 Å². The van der Waals surface area contributed by atoms with Gasteiger partial charge in [-0.15, -0.1) is 0 Å². The van der Waals surface area contributed by atoms with Gasteiger partial charge in [-0.1, -0.05) is 30.3 Å². The number of aromatic nitrogens is 2. The van der Waals surface area contributed by atoms with Crippen molar-refractivity contribution in [3.8, 4) is 0 Å². The Morgan fingerprint density at radius 1 is 1.33 bits per heavy atom. The topological polar surface area (TPSA) is 56.2 Å². The van der Waals surface area contributed by atoms with Gasteiger partial charge in [-0.2, -0.15) is 5.10 Å². The highest BCUT2D eigenvalue weighted by molar-refractivity contribution is 5.98. The molecule has 0 fully saturated rings. The number of nitrogens with zero attached hydrogens (tertiary/aromatic N) is 3. The third-order valence-electron chi connectivity index (χ3n) is 2.01. The molecule has 0 aliphatic carbocycles. The van der Waals surface area contributed by atoms with E-state index in [1.165, 1.54) is 0 Å². The lowest BCUT2D eigenvalue weighted by Crippen LogP contribution is -2.12. The molecule has 0 bridgehead atoms. The maximum Gasteiger partial charge on any atom is 0.131 e. The molecule has 0 saturated heterocycles. The van der Waals surface area contributed by atoms with Crippen molar-refractivity contribution >= 4 is 11.5 Å². The molecule has 0 spiro atoms. The highest BCUT2D eigenvalue weighted by Crippen LogP contribution is 2.10. The second-order valence-electron chi connectivity index (χ2n) is 3.24. The number of benzene rings is 1. The van der Waals surface area contributed by atoms with E-state index < -0.39 is 0 Å². The van der Waals surface area contributed by atoms with E-state index in [0.29, 0.717) is 5.84 Å². The van der Waals surface area contributed by atoms with Crippen molar-refractivity contribution in [2.24, 2.45) is 17.8 Å². The minimum Gasteiger partial charge on any atom is -0.383 e. The Labute approximate surface area is 88.1 Å². The zero-order valence-electron chi connectivity index (χ0n) is 8.46. The summed E-state index contributed by atoms with van der Waals surface area (Å²) in [6, 6.07) is 9.66. The third kappa shape index (κ3) is 2.22. The number of aryl methyl sites for hydroxylation is 1. The molecule has 0 aliphatic rings. The van der Waals surface area contributed by atoms with Gasteiger partial charge in [0.1, 0.15) is 11.5 Å². The molecule has 1 aromatic carbocycles. The minimum atomic E-state index is 0.503.